The average molecular weight is 300 g/mol. The molecule has 0 aliphatic heterocycles. The number of phenols is 1. The number of benzene rings is 1. The van der Waals surface area contributed by atoms with Gasteiger partial charge < -0.3 is 9.90 Å². The van der Waals surface area contributed by atoms with Crippen LogP contribution in [-0.2, 0) is 16.6 Å². The Morgan fingerprint density at radius 3 is 2.64 bits per heavy atom. The van der Waals surface area contributed by atoms with Crippen LogP contribution >= 0.6 is 0 Å². The van der Waals surface area contributed by atoms with E-state index in [0.717, 1.165) is 37.7 Å². The summed E-state index contributed by atoms with van der Waals surface area (Å²) in [7, 11) is 0. The predicted molar refractivity (Wildman–Crippen MR) is 89.4 cm³/mol. The lowest BCUT2D eigenvalue weighted by Crippen LogP contribution is -2.50. The molecule has 0 aromatic heterocycles. The van der Waals surface area contributed by atoms with Gasteiger partial charge in [0, 0.05) is 5.41 Å². The lowest BCUT2D eigenvalue weighted by atomic mass is 9.50. The van der Waals surface area contributed by atoms with Crippen LogP contribution in [0, 0.1) is 11.3 Å². The molecule has 2 aliphatic rings. The Bertz CT molecular complexity index is 604. The minimum Gasteiger partial charge on any atom is -0.508 e. The number of rotatable bonds is 2. The largest absolute Gasteiger partial charge is 0.508 e. The molecule has 1 aromatic rings. The summed E-state index contributed by atoms with van der Waals surface area (Å²) in [5.41, 5.74) is 3.73. The highest BCUT2D eigenvalue weighted by atomic mass is 16.3. The van der Waals surface area contributed by atoms with Gasteiger partial charge in [-0.3, -0.25) is 0 Å². The van der Waals surface area contributed by atoms with E-state index in [-0.39, 0.29) is 10.8 Å². The highest BCUT2D eigenvalue weighted by Gasteiger charge is 2.52. The number of hydrogen-bond donors (Lipinski definition) is 1. The first-order valence-electron chi connectivity index (χ1n) is 8.65. The zero-order valence-electron chi connectivity index (χ0n) is 14.3. The fraction of sp³-hybridized carbons (Fsp3) is 0.650. The fourth-order valence-electron chi connectivity index (χ4n) is 5.41. The number of aldehydes is 1. The minimum absolute atomic E-state index is 0.0683. The Morgan fingerprint density at radius 1 is 1.27 bits per heavy atom. The van der Waals surface area contributed by atoms with Crippen molar-refractivity contribution in [2.75, 3.05) is 0 Å². The summed E-state index contributed by atoms with van der Waals surface area (Å²) in [6.45, 7) is 8.80. The maximum Gasteiger partial charge on any atom is 0.126 e. The summed E-state index contributed by atoms with van der Waals surface area (Å²) in [6.07, 6.45) is 6.53. The second-order valence-electron chi connectivity index (χ2n) is 8.17. The molecule has 0 bridgehead atoms. The van der Waals surface area contributed by atoms with Crippen molar-refractivity contribution in [2.45, 2.75) is 71.1 Å². The molecule has 1 saturated carbocycles. The van der Waals surface area contributed by atoms with Gasteiger partial charge in [-0.1, -0.05) is 40.2 Å². The van der Waals surface area contributed by atoms with E-state index in [0.29, 0.717) is 17.6 Å². The van der Waals surface area contributed by atoms with Gasteiger partial charge in [-0.25, -0.2) is 0 Å². The van der Waals surface area contributed by atoms with Crippen molar-refractivity contribution in [3.8, 4) is 5.75 Å². The SMILES string of the molecule is CC(C)c1c(O)ccc2c1CC[C@@H]1[C@@](C)(C=O)CCC[C@]21C. The number of phenolic OH excluding ortho intramolecular Hbond substituents is 1. The van der Waals surface area contributed by atoms with Crippen LogP contribution in [0.15, 0.2) is 12.1 Å². The molecule has 0 heterocycles. The maximum atomic E-state index is 11.8. The summed E-state index contributed by atoms with van der Waals surface area (Å²) < 4.78 is 0. The van der Waals surface area contributed by atoms with Crippen LogP contribution in [0.4, 0.5) is 0 Å². The third-order valence-corrected chi connectivity index (χ3v) is 6.46. The molecule has 3 atom stereocenters. The second-order valence-corrected chi connectivity index (χ2v) is 8.17. The zero-order chi connectivity index (χ0) is 16.1. The van der Waals surface area contributed by atoms with E-state index in [1.165, 1.54) is 17.4 Å². The number of fused-ring (bicyclic) bond motifs is 3. The molecule has 3 rings (SSSR count). The van der Waals surface area contributed by atoms with Gasteiger partial charge in [0.1, 0.15) is 12.0 Å². The highest BCUT2D eigenvalue weighted by Crippen LogP contribution is 2.57. The molecule has 0 unspecified atom stereocenters. The summed E-state index contributed by atoms with van der Waals surface area (Å²) in [5, 5.41) is 10.3. The van der Waals surface area contributed by atoms with Gasteiger partial charge >= 0.3 is 0 Å². The summed E-state index contributed by atoms with van der Waals surface area (Å²) in [4.78, 5) is 11.8. The van der Waals surface area contributed by atoms with E-state index in [2.05, 4.69) is 33.8 Å². The molecule has 2 aliphatic carbocycles. The first-order chi connectivity index (χ1) is 10.3. The van der Waals surface area contributed by atoms with Crippen LogP contribution in [0.5, 0.6) is 5.75 Å². The van der Waals surface area contributed by atoms with Crippen molar-refractivity contribution in [3.05, 3.63) is 28.8 Å². The average Bonchev–Trinajstić information content (AvgIpc) is 2.46. The van der Waals surface area contributed by atoms with Gasteiger partial charge in [-0.2, -0.15) is 0 Å². The number of carbonyl (C=O) groups is 1. The molecule has 2 heteroatoms. The molecule has 1 N–H and O–H groups in total. The van der Waals surface area contributed by atoms with Gasteiger partial charge in [-0.15, -0.1) is 0 Å². The quantitative estimate of drug-likeness (QED) is 0.802. The van der Waals surface area contributed by atoms with Crippen molar-refractivity contribution < 1.29 is 9.90 Å². The summed E-state index contributed by atoms with van der Waals surface area (Å²) in [6, 6.07) is 3.99. The first kappa shape index (κ1) is 15.6. The topological polar surface area (TPSA) is 37.3 Å². The molecular formula is C20H28O2. The molecule has 22 heavy (non-hydrogen) atoms. The van der Waals surface area contributed by atoms with Crippen molar-refractivity contribution in [3.63, 3.8) is 0 Å². The Hall–Kier alpha value is -1.31. The molecule has 0 saturated heterocycles. The maximum absolute atomic E-state index is 11.8. The van der Waals surface area contributed by atoms with E-state index < -0.39 is 0 Å². The lowest BCUT2D eigenvalue weighted by molar-refractivity contribution is -0.123. The van der Waals surface area contributed by atoms with Gasteiger partial charge in [0.25, 0.3) is 0 Å². The van der Waals surface area contributed by atoms with E-state index in [1.807, 2.05) is 6.07 Å². The van der Waals surface area contributed by atoms with Gasteiger partial charge in [0.15, 0.2) is 0 Å². The van der Waals surface area contributed by atoms with E-state index >= 15 is 0 Å². The minimum atomic E-state index is -0.194. The third-order valence-electron chi connectivity index (χ3n) is 6.46. The van der Waals surface area contributed by atoms with Crippen LogP contribution in [0.1, 0.15) is 76.0 Å². The van der Waals surface area contributed by atoms with Crippen molar-refractivity contribution >= 4 is 6.29 Å². The predicted octanol–water partition coefficient (Wildman–Crippen LogP) is 4.72. The molecule has 1 aromatic carbocycles. The Morgan fingerprint density at radius 2 is 2.00 bits per heavy atom. The van der Waals surface area contributed by atoms with Crippen LogP contribution in [0.25, 0.3) is 0 Å². The Balaban J connectivity index is 2.18. The molecule has 1 fully saturated rings. The van der Waals surface area contributed by atoms with Gasteiger partial charge in [0.05, 0.1) is 0 Å². The van der Waals surface area contributed by atoms with E-state index in [9.17, 15) is 9.90 Å². The number of carbonyl (C=O) groups excluding carboxylic acids is 1. The second kappa shape index (κ2) is 5.11. The van der Waals surface area contributed by atoms with Crippen LogP contribution in [-0.4, -0.2) is 11.4 Å². The monoisotopic (exact) mass is 300 g/mol. The van der Waals surface area contributed by atoms with Crippen molar-refractivity contribution in [1.82, 2.24) is 0 Å². The van der Waals surface area contributed by atoms with Crippen molar-refractivity contribution in [2.24, 2.45) is 11.3 Å². The Kier molecular flexibility index (Phi) is 3.62. The summed E-state index contributed by atoms with van der Waals surface area (Å²) in [5.74, 6) is 1.18. The third kappa shape index (κ3) is 2.03. The number of hydrogen-bond acceptors (Lipinski definition) is 2. The van der Waals surface area contributed by atoms with Gasteiger partial charge in [-0.05, 0) is 65.7 Å². The fourth-order valence-corrected chi connectivity index (χ4v) is 5.41. The molecule has 120 valence electrons. The molecule has 0 spiro atoms. The van der Waals surface area contributed by atoms with E-state index in [4.69, 9.17) is 0 Å². The van der Waals surface area contributed by atoms with Crippen LogP contribution < -0.4 is 0 Å². The van der Waals surface area contributed by atoms with E-state index in [1.54, 1.807) is 0 Å². The summed E-state index contributed by atoms with van der Waals surface area (Å²) >= 11 is 0. The molecule has 0 radical (unpaired) electrons. The molecular weight excluding hydrogens is 272 g/mol. The lowest BCUT2D eigenvalue weighted by Gasteiger charge is -2.53. The molecule has 2 nitrogen and oxygen atoms in total. The van der Waals surface area contributed by atoms with Crippen LogP contribution in [0.3, 0.4) is 0 Å². The highest BCUT2D eigenvalue weighted by molar-refractivity contribution is 5.62. The van der Waals surface area contributed by atoms with Gasteiger partial charge in [0.2, 0.25) is 0 Å². The van der Waals surface area contributed by atoms with Crippen LogP contribution in [0.2, 0.25) is 0 Å². The zero-order valence-corrected chi connectivity index (χ0v) is 14.3. The standard InChI is InChI=1S/C20H28O2/c1-13(2)18-14-6-9-17-19(3,12-21)10-5-11-20(17,4)15(14)7-8-16(18)22/h7-8,12-13,17,22H,5-6,9-11H2,1-4H3/t17-,19-,20-/m1/s1. The van der Waals surface area contributed by atoms with Crippen molar-refractivity contribution in [1.29, 1.82) is 0 Å². The molecule has 0 amide bonds. The number of aromatic hydroxyl groups is 1. The first-order valence-corrected chi connectivity index (χ1v) is 8.65. The normalized spacial score (nSPS) is 34.1. The Labute approximate surface area is 133 Å². The smallest absolute Gasteiger partial charge is 0.126 e.